The van der Waals surface area contributed by atoms with Crippen molar-refractivity contribution in [1.82, 2.24) is 5.43 Å². The van der Waals surface area contributed by atoms with Crippen LogP contribution < -0.4 is 11.3 Å². The lowest BCUT2D eigenvalue weighted by Gasteiger charge is -2.06. The first-order chi connectivity index (χ1) is 3.95. The second-order valence-corrected chi connectivity index (χ2v) is 4.34. The summed E-state index contributed by atoms with van der Waals surface area (Å²) in [5.41, 5.74) is 2.34. The van der Waals surface area contributed by atoms with Crippen LogP contribution in [0.25, 0.3) is 0 Å². The molecule has 0 aliphatic heterocycles. The number of rotatable bonds is 3. The maximum Gasteiger partial charge on any atom is 0.149 e. The Bertz CT molecular complexity index is 163. The van der Waals surface area contributed by atoms with Gasteiger partial charge >= 0.3 is 0 Å². The Hall–Kier alpha value is -0.130. The predicted molar refractivity (Wildman–Crippen MR) is 36.5 cm³/mol. The fourth-order valence-corrected chi connectivity index (χ4v) is 1.51. The molecule has 1 atom stereocenters. The molecular weight excluding hydrogens is 140 g/mol. The molecule has 3 N–H and O–H groups in total. The van der Waals surface area contributed by atoms with Gasteiger partial charge in [0.05, 0.1) is 5.75 Å². The lowest BCUT2D eigenvalue weighted by atomic mass is 10.4. The zero-order chi connectivity index (χ0) is 7.49. The van der Waals surface area contributed by atoms with E-state index in [9.17, 15) is 8.42 Å². The van der Waals surface area contributed by atoms with E-state index in [-0.39, 0.29) is 11.8 Å². The summed E-state index contributed by atoms with van der Waals surface area (Å²) in [5, 5.41) is 0. The van der Waals surface area contributed by atoms with Crippen molar-refractivity contribution in [2.75, 3.05) is 12.0 Å². The minimum absolute atomic E-state index is 0.0868. The average molecular weight is 152 g/mol. The zero-order valence-corrected chi connectivity index (χ0v) is 6.40. The fraction of sp³-hybridized carbons (Fsp3) is 1.00. The number of hydrazine groups is 1. The molecule has 0 rings (SSSR count). The van der Waals surface area contributed by atoms with E-state index < -0.39 is 9.84 Å². The second kappa shape index (κ2) is 3.14. The van der Waals surface area contributed by atoms with Crippen LogP contribution >= 0.6 is 0 Å². The van der Waals surface area contributed by atoms with Crippen LogP contribution in [-0.2, 0) is 9.84 Å². The van der Waals surface area contributed by atoms with E-state index in [0.717, 1.165) is 0 Å². The van der Waals surface area contributed by atoms with Crippen molar-refractivity contribution in [1.29, 1.82) is 0 Å². The van der Waals surface area contributed by atoms with E-state index >= 15 is 0 Å². The summed E-state index contributed by atoms with van der Waals surface area (Å²) < 4.78 is 21.0. The molecule has 0 aromatic carbocycles. The van der Waals surface area contributed by atoms with Gasteiger partial charge in [-0.05, 0) is 6.92 Å². The van der Waals surface area contributed by atoms with Gasteiger partial charge < -0.3 is 0 Å². The van der Waals surface area contributed by atoms with Crippen LogP contribution in [0.3, 0.4) is 0 Å². The molecular formula is C4H12N2O2S. The number of nitrogens with one attached hydrogen (secondary N) is 1. The molecule has 0 aromatic rings. The third-order valence-electron chi connectivity index (χ3n) is 0.837. The van der Waals surface area contributed by atoms with Crippen LogP contribution in [0.4, 0.5) is 0 Å². The molecule has 56 valence electrons. The molecule has 0 amide bonds. The lowest BCUT2D eigenvalue weighted by Crippen LogP contribution is -2.37. The normalized spacial score (nSPS) is 15.4. The molecule has 1 unspecified atom stereocenters. The Kier molecular flexibility index (Phi) is 3.10. The van der Waals surface area contributed by atoms with E-state index in [0.29, 0.717) is 0 Å². The SMILES string of the molecule is CC(CS(C)(=O)=O)NN. The summed E-state index contributed by atoms with van der Waals surface area (Å²) in [5.74, 6) is 5.05. The summed E-state index contributed by atoms with van der Waals surface area (Å²) in [6.45, 7) is 1.71. The Morgan fingerprint density at radius 3 is 2.22 bits per heavy atom. The highest BCUT2D eigenvalue weighted by Crippen LogP contribution is 1.86. The van der Waals surface area contributed by atoms with Crippen molar-refractivity contribution in [2.45, 2.75) is 13.0 Å². The molecule has 0 saturated carbocycles. The Balaban J connectivity index is 3.75. The van der Waals surface area contributed by atoms with Gasteiger partial charge in [0.2, 0.25) is 0 Å². The molecule has 9 heavy (non-hydrogen) atoms. The summed E-state index contributed by atoms with van der Waals surface area (Å²) in [6, 6.07) is -0.167. The summed E-state index contributed by atoms with van der Waals surface area (Å²) in [7, 11) is -2.88. The van der Waals surface area contributed by atoms with Crippen molar-refractivity contribution < 1.29 is 8.42 Å². The van der Waals surface area contributed by atoms with Gasteiger partial charge in [-0.25, -0.2) is 8.42 Å². The van der Waals surface area contributed by atoms with Crippen LogP contribution in [0.2, 0.25) is 0 Å². The minimum atomic E-state index is -2.88. The van der Waals surface area contributed by atoms with E-state index in [1.54, 1.807) is 6.92 Å². The van der Waals surface area contributed by atoms with E-state index in [2.05, 4.69) is 5.43 Å². The van der Waals surface area contributed by atoms with Gasteiger partial charge in [-0.2, -0.15) is 0 Å². The molecule has 0 heterocycles. The smallest absolute Gasteiger partial charge is 0.149 e. The first-order valence-corrected chi connectivity index (χ1v) is 4.65. The summed E-state index contributed by atoms with van der Waals surface area (Å²) in [6.07, 6.45) is 1.18. The third-order valence-corrected chi connectivity index (χ3v) is 1.94. The third kappa shape index (κ3) is 5.75. The molecule has 4 nitrogen and oxygen atoms in total. The molecule has 0 saturated heterocycles. The fourth-order valence-electron chi connectivity index (χ4n) is 0.502. The highest BCUT2D eigenvalue weighted by atomic mass is 32.2. The van der Waals surface area contributed by atoms with E-state index in [1.165, 1.54) is 6.26 Å². The molecule has 0 spiro atoms. The molecule has 0 aliphatic rings. The first-order valence-electron chi connectivity index (χ1n) is 2.59. The largest absolute Gasteiger partial charge is 0.271 e. The first kappa shape index (κ1) is 8.87. The van der Waals surface area contributed by atoms with Crippen LogP contribution in [0.1, 0.15) is 6.92 Å². The van der Waals surface area contributed by atoms with Crippen LogP contribution in [0.15, 0.2) is 0 Å². The van der Waals surface area contributed by atoms with Gasteiger partial charge in [0.1, 0.15) is 9.84 Å². The van der Waals surface area contributed by atoms with Crippen molar-refractivity contribution in [2.24, 2.45) is 5.84 Å². The molecule has 5 heteroatoms. The maximum absolute atomic E-state index is 10.5. The van der Waals surface area contributed by atoms with E-state index in [4.69, 9.17) is 5.84 Å². The minimum Gasteiger partial charge on any atom is -0.271 e. The lowest BCUT2D eigenvalue weighted by molar-refractivity contribution is 0.571. The topological polar surface area (TPSA) is 72.2 Å². The standard InChI is InChI=1S/C4H12N2O2S/c1-4(6-5)3-9(2,7)8/h4,6H,3,5H2,1-2H3. The van der Waals surface area contributed by atoms with Crippen molar-refractivity contribution in [3.8, 4) is 0 Å². The van der Waals surface area contributed by atoms with Gasteiger partial charge in [0.25, 0.3) is 0 Å². The molecule has 0 fully saturated rings. The monoisotopic (exact) mass is 152 g/mol. The number of hydrogen-bond donors (Lipinski definition) is 2. The van der Waals surface area contributed by atoms with Gasteiger partial charge in [0.15, 0.2) is 0 Å². The molecule has 0 bridgehead atoms. The average Bonchev–Trinajstić information content (AvgIpc) is 1.62. The Labute approximate surface area is 55.3 Å². The Morgan fingerprint density at radius 1 is 1.67 bits per heavy atom. The van der Waals surface area contributed by atoms with Gasteiger partial charge in [-0.15, -0.1) is 0 Å². The van der Waals surface area contributed by atoms with Gasteiger partial charge in [-0.1, -0.05) is 0 Å². The molecule has 0 radical (unpaired) electrons. The molecule has 0 aromatic heterocycles. The molecule has 0 aliphatic carbocycles. The predicted octanol–water partition coefficient (Wildman–Crippen LogP) is -1.12. The number of hydrogen-bond acceptors (Lipinski definition) is 4. The van der Waals surface area contributed by atoms with Crippen molar-refractivity contribution in [3.05, 3.63) is 0 Å². The van der Waals surface area contributed by atoms with Gasteiger partial charge in [-0.3, -0.25) is 11.3 Å². The summed E-state index contributed by atoms with van der Waals surface area (Å²) in [4.78, 5) is 0. The van der Waals surface area contributed by atoms with Crippen LogP contribution in [0.5, 0.6) is 0 Å². The number of sulfone groups is 1. The highest BCUT2D eigenvalue weighted by Gasteiger charge is 2.06. The van der Waals surface area contributed by atoms with Crippen molar-refractivity contribution in [3.63, 3.8) is 0 Å². The Morgan fingerprint density at radius 2 is 2.11 bits per heavy atom. The number of nitrogens with two attached hydrogens (primary N) is 1. The summed E-state index contributed by atoms with van der Waals surface area (Å²) >= 11 is 0. The van der Waals surface area contributed by atoms with Crippen molar-refractivity contribution >= 4 is 9.84 Å². The highest BCUT2D eigenvalue weighted by molar-refractivity contribution is 7.90. The zero-order valence-electron chi connectivity index (χ0n) is 5.59. The van der Waals surface area contributed by atoms with Crippen LogP contribution in [-0.4, -0.2) is 26.5 Å². The maximum atomic E-state index is 10.5. The van der Waals surface area contributed by atoms with E-state index in [1.807, 2.05) is 0 Å². The quantitative estimate of drug-likeness (QED) is 0.397. The van der Waals surface area contributed by atoms with Gasteiger partial charge in [0, 0.05) is 12.3 Å². The van der Waals surface area contributed by atoms with Crippen LogP contribution in [0, 0.1) is 0 Å². The second-order valence-electron chi connectivity index (χ2n) is 2.16.